The normalized spacial score (nSPS) is 26.2. The van der Waals surface area contributed by atoms with Crippen LogP contribution in [0.2, 0.25) is 0 Å². The van der Waals surface area contributed by atoms with E-state index in [1.165, 1.54) is 0 Å². The number of primary amides is 1. The highest BCUT2D eigenvalue weighted by molar-refractivity contribution is 6.37. The maximum atomic E-state index is 14.6. The summed E-state index contributed by atoms with van der Waals surface area (Å²) < 4.78 is 5.71. The number of likely N-dealkylation sites (tertiary alicyclic amines) is 1. The second-order valence-electron chi connectivity index (χ2n) is 16.3. The third kappa shape index (κ3) is 8.58. The van der Waals surface area contributed by atoms with E-state index in [0.717, 1.165) is 82.6 Å². The number of urea groups is 1. The summed E-state index contributed by atoms with van der Waals surface area (Å²) in [5.74, 6) is -3.22. The van der Waals surface area contributed by atoms with E-state index < -0.39 is 53.8 Å². The van der Waals surface area contributed by atoms with E-state index in [0.29, 0.717) is 13.0 Å². The molecule has 0 radical (unpaired) electrons. The van der Waals surface area contributed by atoms with Gasteiger partial charge >= 0.3 is 12.0 Å². The summed E-state index contributed by atoms with van der Waals surface area (Å²) in [6, 6.07) is 5.16. The Morgan fingerprint density at radius 3 is 2.00 bits per heavy atom. The average Bonchev–Trinajstić information content (AvgIpc) is 3.99. The molecule has 1 aliphatic heterocycles. The lowest BCUT2D eigenvalue weighted by Gasteiger charge is -2.37. The van der Waals surface area contributed by atoms with Gasteiger partial charge in [-0.05, 0) is 72.7 Å². The van der Waals surface area contributed by atoms with E-state index in [1.54, 1.807) is 4.90 Å². The van der Waals surface area contributed by atoms with Crippen molar-refractivity contribution in [3.8, 4) is 0 Å². The summed E-state index contributed by atoms with van der Waals surface area (Å²) in [7, 11) is 0. The number of hydrogen-bond donors (Lipinski definition) is 4. The average molecular weight is 706 g/mol. The minimum Gasteiger partial charge on any atom is -0.459 e. The van der Waals surface area contributed by atoms with Crippen molar-refractivity contribution in [1.29, 1.82) is 0 Å². The van der Waals surface area contributed by atoms with Crippen molar-refractivity contribution in [1.82, 2.24) is 20.9 Å². The molecule has 12 heteroatoms. The van der Waals surface area contributed by atoms with E-state index in [1.807, 2.05) is 30.3 Å². The van der Waals surface area contributed by atoms with Gasteiger partial charge in [-0.1, -0.05) is 95.5 Å². The van der Waals surface area contributed by atoms with E-state index in [4.69, 9.17) is 10.5 Å². The van der Waals surface area contributed by atoms with Gasteiger partial charge in [-0.3, -0.25) is 19.2 Å². The topological polar surface area (TPSA) is 177 Å². The van der Waals surface area contributed by atoms with Gasteiger partial charge in [-0.25, -0.2) is 9.59 Å². The van der Waals surface area contributed by atoms with Crippen LogP contribution in [-0.4, -0.2) is 71.1 Å². The van der Waals surface area contributed by atoms with Crippen LogP contribution < -0.4 is 21.7 Å². The van der Waals surface area contributed by atoms with Crippen molar-refractivity contribution in [2.45, 2.75) is 128 Å². The zero-order chi connectivity index (χ0) is 36.3. The third-order valence-corrected chi connectivity index (χ3v) is 12.5. The molecular formula is C39H55N5O7. The van der Waals surface area contributed by atoms with Gasteiger partial charge in [0.2, 0.25) is 17.6 Å². The molecule has 4 saturated carbocycles. The van der Waals surface area contributed by atoms with Crippen LogP contribution in [0.4, 0.5) is 4.79 Å². The lowest BCUT2D eigenvalue weighted by molar-refractivity contribution is -0.149. The van der Waals surface area contributed by atoms with Gasteiger partial charge in [0.25, 0.3) is 5.91 Å². The van der Waals surface area contributed by atoms with Gasteiger partial charge in [0.15, 0.2) is 0 Å². The second kappa shape index (κ2) is 15.7. The van der Waals surface area contributed by atoms with Gasteiger partial charge in [-0.15, -0.1) is 0 Å². The molecule has 51 heavy (non-hydrogen) atoms. The number of nitrogens with two attached hydrogens (primary N) is 1. The van der Waals surface area contributed by atoms with Crippen molar-refractivity contribution in [3.05, 3.63) is 35.9 Å². The molecule has 5 amide bonds. The van der Waals surface area contributed by atoms with Gasteiger partial charge in [0.1, 0.15) is 24.7 Å². The summed E-state index contributed by atoms with van der Waals surface area (Å²) in [6.07, 6.45) is 11.2. The summed E-state index contributed by atoms with van der Waals surface area (Å²) in [5.41, 5.74) is 6.02. The third-order valence-electron chi connectivity index (χ3n) is 12.5. The van der Waals surface area contributed by atoms with Crippen LogP contribution in [-0.2, 0) is 35.3 Å². The Morgan fingerprint density at radius 2 is 1.41 bits per heavy atom. The Morgan fingerprint density at radius 1 is 0.824 bits per heavy atom. The van der Waals surface area contributed by atoms with Crippen LogP contribution in [0.5, 0.6) is 0 Å². The number of rotatable bonds is 14. The fourth-order valence-corrected chi connectivity index (χ4v) is 9.17. The number of nitrogens with one attached hydrogen (secondary N) is 3. The van der Waals surface area contributed by atoms with Crippen LogP contribution >= 0.6 is 0 Å². The fraction of sp³-hybridized carbons (Fsp3) is 0.692. The predicted octanol–water partition coefficient (Wildman–Crippen LogP) is 3.75. The van der Waals surface area contributed by atoms with Gasteiger partial charge in [-0.2, -0.15) is 0 Å². The second-order valence-corrected chi connectivity index (χ2v) is 16.3. The molecule has 0 spiro atoms. The first-order chi connectivity index (χ1) is 24.5. The summed E-state index contributed by atoms with van der Waals surface area (Å²) in [5, 5.41) is 8.72. The molecule has 5 aliphatic rings. The first-order valence-electron chi connectivity index (χ1n) is 19.2. The molecule has 1 unspecified atom stereocenters. The molecule has 5 fully saturated rings. The Hall–Kier alpha value is -3.96. The molecule has 6 rings (SSSR count). The number of benzene rings is 1. The van der Waals surface area contributed by atoms with Crippen molar-refractivity contribution < 1.29 is 33.5 Å². The Bertz CT molecular complexity index is 1470. The summed E-state index contributed by atoms with van der Waals surface area (Å²) in [6.45, 7) is 4.61. The minimum atomic E-state index is -1.09. The molecule has 6 atom stereocenters. The van der Waals surface area contributed by atoms with E-state index in [2.05, 4.69) is 29.8 Å². The first-order valence-corrected chi connectivity index (χ1v) is 19.2. The quantitative estimate of drug-likeness (QED) is 0.168. The predicted molar refractivity (Wildman–Crippen MR) is 188 cm³/mol. The smallest absolute Gasteiger partial charge is 0.329 e. The number of carbonyl (C=O) groups excluding carboxylic acids is 6. The van der Waals surface area contributed by atoms with Crippen LogP contribution in [0.25, 0.3) is 0 Å². The number of carbonyl (C=O) groups is 6. The largest absolute Gasteiger partial charge is 0.459 e. The highest BCUT2D eigenvalue weighted by atomic mass is 16.5. The van der Waals surface area contributed by atoms with Crippen LogP contribution in [0.15, 0.2) is 30.3 Å². The lowest BCUT2D eigenvalue weighted by Crippen LogP contribution is -2.61. The highest BCUT2D eigenvalue weighted by Crippen LogP contribution is 2.65. The Balaban J connectivity index is 1.19. The van der Waals surface area contributed by atoms with E-state index in [9.17, 15) is 28.8 Å². The highest BCUT2D eigenvalue weighted by Gasteiger charge is 2.69. The van der Waals surface area contributed by atoms with Crippen molar-refractivity contribution in [3.63, 3.8) is 0 Å². The molecule has 1 aromatic carbocycles. The van der Waals surface area contributed by atoms with E-state index >= 15 is 0 Å². The van der Waals surface area contributed by atoms with Crippen LogP contribution in [0, 0.1) is 35.0 Å². The van der Waals surface area contributed by atoms with Gasteiger partial charge in [0, 0.05) is 6.54 Å². The molecule has 1 aromatic rings. The molecule has 0 aromatic heterocycles. The summed E-state index contributed by atoms with van der Waals surface area (Å²) in [4.78, 5) is 82.3. The lowest BCUT2D eigenvalue weighted by atomic mass is 9.82. The number of ether oxygens (including phenoxy) is 1. The number of fused-ring (bicyclic) bond motifs is 1. The molecule has 278 valence electrons. The number of esters is 1. The number of amides is 5. The van der Waals surface area contributed by atoms with E-state index in [-0.39, 0.29) is 47.5 Å². The SMILES string of the molecule is CC1(C)[C@@H]2[C@@H](C(=O)NC(CC3CC3)C(=O)C(N)=O)N(C(=O)[C@@H](NC(=O)N[C@H](C(=O)OCc3ccccc3)C3CCCCC3)C3CCCCC3)C[C@@H]21. The number of Topliss-reactive ketones (excluding diaryl/α,β-unsaturated/α-hetero) is 1. The zero-order valence-electron chi connectivity index (χ0n) is 30.1. The number of ketones is 1. The standard InChI is InChI=1S/C39H55N5O7/c1-39(2)27-21-44(32(29(27)39)35(47)41-28(20-23-18-19-23)33(45)34(40)46)36(48)30(25-14-8-4-9-15-25)42-38(50)43-31(26-16-10-5-11-17-26)37(49)51-22-24-12-6-3-7-13-24/h3,6-7,12-13,23,25-32H,4-5,8-11,14-22H2,1-2H3,(H2,40,46)(H,41,47)(H2,42,43,50)/t27-,28?,29-,30-,31-,32-/m0/s1. The minimum absolute atomic E-state index is 0.0793. The molecule has 0 bridgehead atoms. The maximum absolute atomic E-state index is 14.6. The van der Waals surface area contributed by atoms with Crippen molar-refractivity contribution >= 4 is 35.5 Å². The molecule has 4 aliphatic carbocycles. The number of piperidine rings is 1. The Labute approximate surface area is 300 Å². The molecule has 1 saturated heterocycles. The van der Waals surface area contributed by atoms with Crippen LogP contribution in [0.1, 0.15) is 103 Å². The van der Waals surface area contributed by atoms with Crippen molar-refractivity contribution in [2.75, 3.05) is 6.54 Å². The number of nitrogens with zero attached hydrogens (tertiary/aromatic N) is 1. The molecule has 12 nitrogen and oxygen atoms in total. The van der Waals surface area contributed by atoms with Crippen molar-refractivity contribution in [2.24, 2.45) is 40.7 Å². The molecule has 5 N–H and O–H groups in total. The molecular weight excluding hydrogens is 650 g/mol. The Kier molecular flexibility index (Phi) is 11.4. The monoisotopic (exact) mass is 705 g/mol. The van der Waals surface area contributed by atoms with Crippen LogP contribution in [0.3, 0.4) is 0 Å². The van der Waals surface area contributed by atoms with Gasteiger partial charge in [0.05, 0.1) is 6.04 Å². The first kappa shape index (κ1) is 36.8. The fourth-order valence-electron chi connectivity index (χ4n) is 9.17. The molecule has 1 heterocycles. The summed E-state index contributed by atoms with van der Waals surface area (Å²) >= 11 is 0. The van der Waals surface area contributed by atoms with Gasteiger partial charge < -0.3 is 31.3 Å². The zero-order valence-corrected chi connectivity index (χ0v) is 30.1. The maximum Gasteiger partial charge on any atom is 0.329 e. The number of hydrogen-bond acceptors (Lipinski definition) is 7.